The molecule has 0 aliphatic rings. The largest absolute Gasteiger partial charge is 0.457 e. The molecule has 2 aromatic carbocycles. The van der Waals surface area contributed by atoms with E-state index in [1.807, 2.05) is 36.4 Å². The average Bonchev–Trinajstić information content (AvgIpc) is 2.33. The van der Waals surface area contributed by atoms with Crippen LogP contribution in [0, 0.1) is 6.92 Å². The van der Waals surface area contributed by atoms with Gasteiger partial charge in [0.1, 0.15) is 11.5 Å². The molecule has 2 rings (SSSR count). The maximum Gasteiger partial charge on any atom is 0.128 e. The van der Waals surface area contributed by atoms with E-state index in [0.717, 1.165) is 22.4 Å². The summed E-state index contributed by atoms with van der Waals surface area (Å²) < 4.78 is 6.82. The van der Waals surface area contributed by atoms with Crippen LogP contribution in [0.1, 0.15) is 11.1 Å². The summed E-state index contributed by atoms with van der Waals surface area (Å²) in [5.41, 5.74) is 8.06. The molecule has 0 saturated heterocycles. The van der Waals surface area contributed by atoms with E-state index in [1.54, 1.807) is 0 Å². The van der Waals surface area contributed by atoms with Crippen molar-refractivity contribution in [3.8, 4) is 11.5 Å². The normalized spacial score (nSPS) is 10.4. The van der Waals surface area contributed by atoms with Crippen LogP contribution in [0.25, 0.3) is 0 Å². The Morgan fingerprint density at radius 1 is 1.11 bits per heavy atom. The Kier molecular flexibility index (Phi) is 4.39. The zero-order valence-corrected chi connectivity index (χ0v) is 11.9. The van der Waals surface area contributed by atoms with Gasteiger partial charge >= 0.3 is 0 Å². The summed E-state index contributed by atoms with van der Waals surface area (Å²) in [5.74, 6) is 1.68. The standard InChI is InChI=1S/C15H16BrNO/c1-11-9-15(6-5-12(11)7-8-17)18-14-4-2-3-13(16)10-14/h2-6,9-10H,7-8,17H2,1H3. The van der Waals surface area contributed by atoms with E-state index in [4.69, 9.17) is 10.5 Å². The van der Waals surface area contributed by atoms with E-state index in [0.29, 0.717) is 6.54 Å². The number of nitrogens with two attached hydrogens (primary N) is 1. The second-order valence-electron chi connectivity index (χ2n) is 4.19. The minimum atomic E-state index is 0.673. The molecule has 0 spiro atoms. The van der Waals surface area contributed by atoms with Crippen molar-refractivity contribution in [1.82, 2.24) is 0 Å². The Balaban J connectivity index is 2.17. The number of rotatable bonds is 4. The molecule has 0 aromatic heterocycles. The second kappa shape index (κ2) is 6.03. The summed E-state index contributed by atoms with van der Waals surface area (Å²) in [4.78, 5) is 0. The van der Waals surface area contributed by atoms with E-state index in [9.17, 15) is 0 Å². The van der Waals surface area contributed by atoms with Crippen molar-refractivity contribution in [3.05, 3.63) is 58.1 Å². The molecule has 0 heterocycles. The minimum absolute atomic E-state index is 0.673. The summed E-state index contributed by atoms with van der Waals surface area (Å²) in [5, 5.41) is 0. The predicted octanol–water partition coefficient (Wildman–Crippen LogP) is 4.05. The Morgan fingerprint density at radius 2 is 1.89 bits per heavy atom. The van der Waals surface area contributed by atoms with Crippen molar-refractivity contribution in [2.45, 2.75) is 13.3 Å². The molecule has 0 bridgehead atoms. The van der Waals surface area contributed by atoms with Crippen LogP contribution in [-0.4, -0.2) is 6.54 Å². The molecule has 2 nitrogen and oxygen atoms in total. The van der Waals surface area contributed by atoms with Gasteiger partial charge in [0.15, 0.2) is 0 Å². The third-order valence-electron chi connectivity index (χ3n) is 2.76. The lowest BCUT2D eigenvalue weighted by Gasteiger charge is -2.09. The van der Waals surface area contributed by atoms with Crippen LogP contribution >= 0.6 is 15.9 Å². The fourth-order valence-electron chi connectivity index (χ4n) is 1.83. The third kappa shape index (κ3) is 3.34. The first-order chi connectivity index (χ1) is 8.69. The molecule has 0 aliphatic carbocycles. The molecule has 0 fully saturated rings. The first-order valence-corrected chi connectivity index (χ1v) is 6.71. The van der Waals surface area contributed by atoms with Crippen molar-refractivity contribution in [1.29, 1.82) is 0 Å². The third-order valence-corrected chi connectivity index (χ3v) is 3.25. The molecule has 0 atom stereocenters. The summed E-state index contributed by atoms with van der Waals surface area (Å²) >= 11 is 3.43. The summed E-state index contributed by atoms with van der Waals surface area (Å²) in [6.07, 6.45) is 0.906. The van der Waals surface area contributed by atoms with Gasteiger partial charge in [0, 0.05) is 4.47 Å². The molecule has 2 N–H and O–H groups in total. The molecule has 0 saturated carbocycles. The van der Waals surface area contributed by atoms with Crippen molar-refractivity contribution >= 4 is 15.9 Å². The number of hydrogen-bond acceptors (Lipinski definition) is 2. The van der Waals surface area contributed by atoms with Crippen LogP contribution in [0.4, 0.5) is 0 Å². The quantitative estimate of drug-likeness (QED) is 0.925. The molecule has 0 aliphatic heterocycles. The van der Waals surface area contributed by atoms with Gasteiger partial charge < -0.3 is 10.5 Å². The van der Waals surface area contributed by atoms with Gasteiger partial charge in [0.2, 0.25) is 0 Å². The number of ether oxygens (including phenoxy) is 1. The molecule has 3 heteroatoms. The highest BCUT2D eigenvalue weighted by molar-refractivity contribution is 9.10. The fourth-order valence-corrected chi connectivity index (χ4v) is 2.21. The van der Waals surface area contributed by atoms with Gasteiger partial charge in [-0.15, -0.1) is 0 Å². The van der Waals surface area contributed by atoms with Crippen molar-refractivity contribution in [2.75, 3.05) is 6.54 Å². The highest BCUT2D eigenvalue weighted by atomic mass is 79.9. The Labute approximate surface area is 116 Å². The zero-order chi connectivity index (χ0) is 13.0. The van der Waals surface area contributed by atoms with Crippen LogP contribution < -0.4 is 10.5 Å². The lowest BCUT2D eigenvalue weighted by atomic mass is 10.1. The van der Waals surface area contributed by atoms with E-state index < -0.39 is 0 Å². The zero-order valence-electron chi connectivity index (χ0n) is 10.3. The van der Waals surface area contributed by atoms with E-state index in [2.05, 4.69) is 28.9 Å². The number of hydrogen-bond donors (Lipinski definition) is 1. The lowest BCUT2D eigenvalue weighted by molar-refractivity contribution is 0.481. The topological polar surface area (TPSA) is 35.2 Å². The maximum atomic E-state index is 5.81. The molecule has 0 radical (unpaired) electrons. The minimum Gasteiger partial charge on any atom is -0.457 e. The molecular formula is C15H16BrNO. The van der Waals surface area contributed by atoms with E-state index in [1.165, 1.54) is 11.1 Å². The highest BCUT2D eigenvalue weighted by Gasteiger charge is 2.02. The van der Waals surface area contributed by atoms with Gasteiger partial charge in [-0.2, -0.15) is 0 Å². The number of benzene rings is 2. The van der Waals surface area contributed by atoms with Crippen molar-refractivity contribution in [3.63, 3.8) is 0 Å². The molecule has 0 amide bonds. The van der Waals surface area contributed by atoms with Crippen molar-refractivity contribution in [2.24, 2.45) is 5.73 Å². The summed E-state index contributed by atoms with van der Waals surface area (Å²) in [6.45, 7) is 2.76. The molecular weight excluding hydrogens is 290 g/mol. The van der Waals surface area contributed by atoms with Crippen LogP contribution in [0.3, 0.4) is 0 Å². The van der Waals surface area contributed by atoms with Gasteiger partial charge in [0.25, 0.3) is 0 Å². The van der Waals surface area contributed by atoms with Gasteiger partial charge in [0.05, 0.1) is 0 Å². The fraction of sp³-hybridized carbons (Fsp3) is 0.200. The van der Waals surface area contributed by atoms with E-state index >= 15 is 0 Å². The van der Waals surface area contributed by atoms with Crippen LogP contribution in [0.15, 0.2) is 46.9 Å². The SMILES string of the molecule is Cc1cc(Oc2cccc(Br)c2)ccc1CCN. The Morgan fingerprint density at radius 3 is 2.56 bits per heavy atom. The Bertz CT molecular complexity index is 540. The lowest BCUT2D eigenvalue weighted by Crippen LogP contribution is -2.04. The molecule has 2 aromatic rings. The first kappa shape index (κ1) is 13.1. The first-order valence-electron chi connectivity index (χ1n) is 5.92. The van der Waals surface area contributed by atoms with E-state index in [-0.39, 0.29) is 0 Å². The highest BCUT2D eigenvalue weighted by Crippen LogP contribution is 2.26. The number of halogens is 1. The monoisotopic (exact) mass is 305 g/mol. The molecule has 0 unspecified atom stereocenters. The van der Waals surface area contributed by atoms with Crippen molar-refractivity contribution < 1.29 is 4.74 Å². The Hall–Kier alpha value is -1.32. The van der Waals surface area contributed by atoms with Gasteiger partial charge in [-0.25, -0.2) is 0 Å². The molecule has 18 heavy (non-hydrogen) atoms. The van der Waals surface area contributed by atoms with Crippen LogP contribution in [0.5, 0.6) is 11.5 Å². The van der Waals surface area contributed by atoms with Gasteiger partial charge in [-0.1, -0.05) is 28.1 Å². The molecule has 94 valence electrons. The predicted molar refractivity (Wildman–Crippen MR) is 78.2 cm³/mol. The smallest absolute Gasteiger partial charge is 0.128 e. The average molecular weight is 306 g/mol. The summed E-state index contributed by atoms with van der Waals surface area (Å²) in [6, 6.07) is 13.9. The van der Waals surface area contributed by atoms with Crippen LogP contribution in [-0.2, 0) is 6.42 Å². The second-order valence-corrected chi connectivity index (χ2v) is 5.10. The van der Waals surface area contributed by atoms with Gasteiger partial charge in [-0.3, -0.25) is 0 Å². The summed E-state index contributed by atoms with van der Waals surface area (Å²) in [7, 11) is 0. The maximum absolute atomic E-state index is 5.81. The van der Waals surface area contributed by atoms with Crippen LogP contribution in [0.2, 0.25) is 0 Å². The van der Waals surface area contributed by atoms with Gasteiger partial charge in [-0.05, 0) is 61.3 Å². The number of aryl methyl sites for hydroxylation is 1.